The van der Waals surface area contributed by atoms with Gasteiger partial charge in [-0.25, -0.2) is 0 Å². The van der Waals surface area contributed by atoms with Crippen LogP contribution in [0.1, 0.15) is 17.0 Å². The fourth-order valence-electron chi connectivity index (χ4n) is 3.50. The average molecular weight is 413 g/mol. The van der Waals surface area contributed by atoms with Crippen LogP contribution in [0, 0.1) is 0 Å². The highest BCUT2D eigenvalue weighted by Crippen LogP contribution is 2.27. The van der Waals surface area contributed by atoms with Crippen molar-refractivity contribution < 1.29 is 9.90 Å². The van der Waals surface area contributed by atoms with Gasteiger partial charge in [0, 0.05) is 11.1 Å². The Bertz CT molecular complexity index is 1150. The van der Waals surface area contributed by atoms with Crippen molar-refractivity contribution in [1.29, 1.82) is 0 Å². The Morgan fingerprint density at radius 3 is 2.07 bits per heavy atom. The molecule has 1 amide bonds. The molecule has 3 N–H and O–H groups in total. The zero-order valence-electron chi connectivity index (χ0n) is 16.1. The number of benzene rings is 4. The lowest BCUT2D eigenvalue weighted by molar-refractivity contribution is -0.120. The molecule has 0 unspecified atom stereocenters. The van der Waals surface area contributed by atoms with Crippen LogP contribution in [0.4, 0.5) is 5.69 Å². The second-order valence-electron chi connectivity index (χ2n) is 6.91. The highest BCUT2D eigenvalue weighted by Gasteiger charge is 2.23. The number of fused-ring (bicyclic) bond motifs is 1. The summed E-state index contributed by atoms with van der Waals surface area (Å²) in [6.07, 6.45) is 0. The molecule has 148 valence electrons. The van der Waals surface area contributed by atoms with Gasteiger partial charge in [0.1, 0.15) is 5.75 Å². The number of phenolic OH excluding ortho intramolecular Hbond substituents is 1. The second kappa shape index (κ2) is 8.76. The Morgan fingerprint density at radius 2 is 1.43 bits per heavy atom. The fourth-order valence-corrected chi connectivity index (χ4v) is 3.71. The van der Waals surface area contributed by atoms with Gasteiger partial charge in [-0.3, -0.25) is 4.79 Å². The monoisotopic (exact) mass is 412 g/mol. The van der Waals surface area contributed by atoms with Gasteiger partial charge in [0.05, 0.1) is 5.92 Å². The predicted octanol–water partition coefficient (Wildman–Crippen LogP) is 5.19. The molecule has 0 aliphatic carbocycles. The molecule has 0 atom stereocenters. The molecule has 0 aromatic heterocycles. The van der Waals surface area contributed by atoms with E-state index in [0.29, 0.717) is 0 Å². The molecule has 0 fully saturated rings. The van der Waals surface area contributed by atoms with E-state index >= 15 is 0 Å². The molecular weight excluding hydrogens is 392 g/mol. The van der Waals surface area contributed by atoms with Gasteiger partial charge in [-0.05, 0) is 53.0 Å². The number of anilines is 1. The summed E-state index contributed by atoms with van der Waals surface area (Å²) in [6.45, 7) is 0. The molecule has 30 heavy (non-hydrogen) atoms. The molecular formula is C25H20N2O2S. The molecule has 0 bridgehead atoms. The molecule has 0 spiro atoms. The molecule has 0 saturated heterocycles. The first kappa shape index (κ1) is 19.6. The smallest absolute Gasteiger partial charge is 0.238 e. The largest absolute Gasteiger partial charge is 0.508 e. The first-order chi connectivity index (χ1) is 14.6. The van der Waals surface area contributed by atoms with Gasteiger partial charge >= 0.3 is 0 Å². The molecule has 4 aromatic rings. The summed E-state index contributed by atoms with van der Waals surface area (Å²) in [5, 5.41) is 17.6. The number of carbonyl (C=O) groups excluding carboxylic acids is 1. The quantitative estimate of drug-likeness (QED) is 0.404. The predicted molar refractivity (Wildman–Crippen MR) is 125 cm³/mol. The van der Waals surface area contributed by atoms with Gasteiger partial charge in [-0.1, -0.05) is 72.8 Å². The number of carbonyl (C=O) groups is 1. The minimum absolute atomic E-state index is 0.198. The van der Waals surface area contributed by atoms with Crippen molar-refractivity contribution in [2.75, 3.05) is 5.32 Å². The first-order valence-corrected chi connectivity index (χ1v) is 9.96. The first-order valence-electron chi connectivity index (χ1n) is 9.55. The third-order valence-corrected chi connectivity index (χ3v) is 5.08. The maximum atomic E-state index is 13.2. The van der Waals surface area contributed by atoms with Crippen LogP contribution in [0.3, 0.4) is 0 Å². The van der Waals surface area contributed by atoms with Crippen LogP contribution in [0.5, 0.6) is 5.75 Å². The zero-order chi connectivity index (χ0) is 20.9. The van der Waals surface area contributed by atoms with E-state index in [4.69, 9.17) is 12.2 Å². The summed E-state index contributed by atoms with van der Waals surface area (Å²) in [5.41, 5.74) is 2.54. The molecule has 0 aliphatic rings. The van der Waals surface area contributed by atoms with Gasteiger partial charge in [-0.2, -0.15) is 0 Å². The average Bonchev–Trinajstić information content (AvgIpc) is 2.75. The Balaban J connectivity index is 1.57. The van der Waals surface area contributed by atoms with Gasteiger partial charge in [0.2, 0.25) is 5.91 Å². The van der Waals surface area contributed by atoms with E-state index in [1.807, 2.05) is 84.9 Å². The van der Waals surface area contributed by atoms with Crippen molar-refractivity contribution in [1.82, 2.24) is 5.32 Å². The highest BCUT2D eigenvalue weighted by molar-refractivity contribution is 7.80. The van der Waals surface area contributed by atoms with Gasteiger partial charge in [0.25, 0.3) is 0 Å². The Labute approximate surface area is 180 Å². The van der Waals surface area contributed by atoms with E-state index in [1.165, 1.54) is 0 Å². The summed E-state index contributed by atoms with van der Waals surface area (Å²) in [5.74, 6) is -0.483. The second-order valence-corrected chi connectivity index (χ2v) is 7.32. The normalized spacial score (nSPS) is 10.7. The van der Waals surface area contributed by atoms with Crippen LogP contribution in [0.15, 0.2) is 97.1 Å². The van der Waals surface area contributed by atoms with E-state index in [-0.39, 0.29) is 16.8 Å². The molecule has 4 rings (SSSR count). The van der Waals surface area contributed by atoms with Crippen molar-refractivity contribution in [3.8, 4) is 5.75 Å². The van der Waals surface area contributed by atoms with E-state index < -0.39 is 5.92 Å². The molecule has 4 nitrogen and oxygen atoms in total. The number of hydrogen-bond acceptors (Lipinski definition) is 3. The number of amides is 1. The molecule has 4 aromatic carbocycles. The van der Waals surface area contributed by atoms with Crippen LogP contribution in [-0.4, -0.2) is 16.1 Å². The van der Waals surface area contributed by atoms with Gasteiger partial charge in [0.15, 0.2) is 5.11 Å². The number of phenols is 1. The summed E-state index contributed by atoms with van der Waals surface area (Å²) < 4.78 is 0. The number of nitrogens with one attached hydrogen (secondary N) is 2. The summed E-state index contributed by atoms with van der Waals surface area (Å²) in [4.78, 5) is 13.2. The number of hydrogen-bond donors (Lipinski definition) is 3. The lowest BCUT2D eigenvalue weighted by Gasteiger charge is -2.19. The molecule has 0 radical (unpaired) electrons. The van der Waals surface area contributed by atoms with E-state index in [1.54, 1.807) is 12.1 Å². The SMILES string of the molecule is O=C(NC(=S)Nc1cccc2cc(O)ccc12)C(c1ccccc1)c1ccccc1. The molecule has 0 heterocycles. The van der Waals surface area contributed by atoms with Crippen LogP contribution >= 0.6 is 12.2 Å². The maximum Gasteiger partial charge on any atom is 0.238 e. The zero-order valence-corrected chi connectivity index (χ0v) is 16.9. The number of thiocarbonyl (C=S) groups is 1. The lowest BCUT2D eigenvalue weighted by atomic mass is 9.90. The van der Waals surface area contributed by atoms with Gasteiger partial charge < -0.3 is 15.7 Å². The Hall–Kier alpha value is -3.70. The fraction of sp³-hybridized carbons (Fsp3) is 0.0400. The topological polar surface area (TPSA) is 61.4 Å². The minimum atomic E-state index is -0.475. The number of aromatic hydroxyl groups is 1. The standard InChI is InChI=1S/C25H20N2O2S/c28-20-14-15-21-19(16-20)12-7-13-22(21)26-25(30)27-24(29)23(17-8-3-1-4-9-17)18-10-5-2-6-11-18/h1-16,23,28H,(H2,26,27,29,30). The highest BCUT2D eigenvalue weighted by atomic mass is 32.1. The third-order valence-electron chi connectivity index (χ3n) is 4.88. The van der Waals surface area contributed by atoms with Crippen LogP contribution in [-0.2, 0) is 4.79 Å². The maximum absolute atomic E-state index is 13.2. The summed E-state index contributed by atoms with van der Waals surface area (Å²) in [7, 11) is 0. The summed E-state index contributed by atoms with van der Waals surface area (Å²) in [6, 6.07) is 30.0. The van der Waals surface area contributed by atoms with E-state index in [0.717, 1.165) is 27.6 Å². The summed E-state index contributed by atoms with van der Waals surface area (Å²) >= 11 is 5.43. The molecule has 0 aliphatic heterocycles. The van der Waals surface area contributed by atoms with Crippen molar-refractivity contribution in [3.63, 3.8) is 0 Å². The van der Waals surface area contributed by atoms with Crippen LogP contribution < -0.4 is 10.6 Å². The van der Waals surface area contributed by atoms with Crippen molar-refractivity contribution in [2.45, 2.75) is 5.92 Å². The van der Waals surface area contributed by atoms with Crippen LogP contribution in [0.25, 0.3) is 10.8 Å². The van der Waals surface area contributed by atoms with Crippen molar-refractivity contribution in [2.24, 2.45) is 0 Å². The Morgan fingerprint density at radius 1 is 0.800 bits per heavy atom. The number of rotatable bonds is 4. The third kappa shape index (κ3) is 4.31. The molecule has 0 saturated carbocycles. The van der Waals surface area contributed by atoms with Crippen LogP contribution in [0.2, 0.25) is 0 Å². The van der Waals surface area contributed by atoms with E-state index in [2.05, 4.69) is 10.6 Å². The van der Waals surface area contributed by atoms with Crippen molar-refractivity contribution >= 4 is 39.7 Å². The van der Waals surface area contributed by atoms with Crippen molar-refractivity contribution in [3.05, 3.63) is 108 Å². The Kier molecular flexibility index (Phi) is 5.72. The lowest BCUT2D eigenvalue weighted by Crippen LogP contribution is -2.37. The van der Waals surface area contributed by atoms with E-state index in [9.17, 15) is 9.90 Å². The minimum Gasteiger partial charge on any atom is -0.508 e. The molecule has 5 heteroatoms. The van der Waals surface area contributed by atoms with Gasteiger partial charge in [-0.15, -0.1) is 0 Å².